The number of fused-ring (bicyclic) bond motifs is 1. The van der Waals surface area contributed by atoms with Gasteiger partial charge in [-0.2, -0.15) is 26.3 Å². The van der Waals surface area contributed by atoms with Gasteiger partial charge in [0.05, 0.1) is 23.4 Å². The summed E-state index contributed by atoms with van der Waals surface area (Å²) in [5.41, 5.74) is -3.07. The van der Waals surface area contributed by atoms with Crippen molar-refractivity contribution < 1.29 is 31.1 Å². The number of carbonyl (C=O) groups excluding carboxylic acids is 1. The Balaban J connectivity index is 1.73. The highest BCUT2D eigenvalue weighted by molar-refractivity contribution is 7.09. The first-order valence-electron chi connectivity index (χ1n) is 9.32. The van der Waals surface area contributed by atoms with Crippen molar-refractivity contribution in [2.45, 2.75) is 24.9 Å². The van der Waals surface area contributed by atoms with Gasteiger partial charge in [0.25, 0.3) is 5.91 Å². The molecule has 1 aromatic carbocycles. The normalized spacial score (nSPS) is 14.8. The van der Waals surface area contributed by atoms with E-state index in [1.807, 2.05) is 10.6 Å². The minimum atomic E-state index is -5.07. The molecule has 0 radical (unpaired) electrons. The zero-order valence-corrected chi connectivity index (χ0v) is 17.3. The molecule has 1 amide bonds. The van der Waals surface area contributed by atoms with Crippen LogP contribution in [-0.2, 0) is 23.7 Å². The highest BCUT2D eigenvalue weighted by atomic mass is 32.1. The number of hydrazine groups is 1. The molecule has 13 heteroatoms. The molecule has 0 bridgehead atoms. The molecular weight excluding hydrogens is 472 g/mol. The number of amides is 1. The van der Waals surface area contributed by atoms with Crippen molar-refractivity contribution in [3.63, 3.8) is 0 Å². The second kappa shape index (κ2) is 8.23. The fourth-order valence-electron chi connectivity index (χ4n) is 3.38. The molecule has 6 nitrogen and oxygen atoms in total. The van der Waals surface area contributed by atoms with Crippen molar-refractivity contribution in [1.29, 1.82) is 0 Å². The molecule has 1 aliphatic rings. The first-order chi connectivity index (χ1) is 15.4. The molecule has 1 unspecified atom stereocenters. The van der Waals surface area contributed by atoms with Crippen LogP contribution in [0.5, 0.6) is 0 Å². The van der Waals surface area contributed by atoms with Crippen LogP contribution in [0.2, 0.25) is 0 Å². The van der Waals surface area contributed by atoms with Crippen molar-refractivity contribution in [1.82, 2.24) is 14.5 Å². The van der Waals surface area contributed by atoms with Gasteiger partial charge in [-0.05, 0) is 30.3 Å². The molecule has 0 spiro atoms. The van der Waals surface area contributed by atoms with E-state index in [2.05, 4.69) is 4.98 Å². The monoisotopic (exact) mass is 487 g/mol. The summed E-state index contributed by atoms with van der Waals surface area (Å²) < 4.78 is 81.3. The molecule has 3 aromatic rings. The number of nitrogens with zero attached hydrogens (tertiary/aromatic N) is 4. The molecular formula is C20H15F6N5OS. The van der Waals surface area contributed by atoms with Crippen LogP contribution in [0, 0.1) is 0 Å². The third-order valence-electron chi connectivity index (χ3n) is 4.97. The van der Waals surface area contributed by atoms with Crippen LogP contribution in [0.25, 0.3) is 6.20 Å². The largest absolute Gasteiger partial charge is 0.416 e. The molecule has 33 heavy (non-hydrogen) atoms. The van der Waals surface area contributed by atoms with Crippen LogP contribution in [0.3, 0.4) is 0 Å². The Hall–Kier alpha value is -3.32. The highest BCUT2D eigenvalue weighted by Gasteiger charge is 2.39. The summed E-state index contributed by atoms with van der Waals surface area (Å²) in [5.74, 6) is 4.88. The van der Waals surface area contributed by atoms with Gasteiger partial charge in [0.2, 0.25) is 0 Å². The summed E-state index contributed by atoms with van der Waals surface area (Å²) in [6.07, 6.45) is -3.67. The SMILES string of the molecule is NN(C(=O)C(c1nccs1)N1C=Cn2cccc2C1)c1cc(C(F)(F)F)cc(C(F)(F)F)c1. The smallest absolute Gasteiger partial charge is 0.353 e. The quantitative estimate of drug-likeness (QED) is 0.247. The molecule has 174 valence electrons. The minimum absolute atomic E-state index is 0.0261. The lowest BCUT2D eigenvalue weighted by molar-refractivity contribution is -0.143. The van der Waals surface area contributed by atoms with E-state index in [0.29, 0.717) is 17.1 Å². The van der Waals surface area contributed by atoms with E-state index in [-0.39, 0.29) is 17.6 Å². The number of anilines is 1. The number of nitrogens with two attached hydrogens (primary N) is 1. The van der Waals surface area contributed by atoms with Gasteiger partial charge in [-0.15, -0.1) is 11.3 Å². The van der Waals surface area contributed by atoms with Crippen LogP contribution < -0.4 is 10.9 Å². The van der Waals surface area contributed by atoms with Crippen LogP contribution in [0.15, 0.2) is 54.3 Å². The van der Waals surface area contributed by atoms with E-state index in [9.17, 15) is 31.1 Å². The number of hydrogen-bond donors (Lipinski definition) is 1. The van der Waals surface area contributed by atoms with Gasteiger partial charge in [-0.25, -0.2) is 15.8 Å². The summed E-state index contributed by atoms with van der Waals surface area (Å²) in [6, 6.07) is 3.22. The lowest BCUT2D eigenvalue weighted by atomic mass is 10.1. The fraction of sp³-hybridized carbons (Fsp3) is 0.200. The summed E-state index contributed by atoms with van der Waals surface area (Å²) in [7, 11) is 0. The van der Waals surface area contributed by atoms with Gasteiger partial charge >= 0.3 is 12.4 Å². The molecule has 0 fully saturated rings. The molecule has 2 N–H and O–H groups in total. The number of rotatable bonds is 4. The first kappa shape index (κ1) is 22.9. The Morgan fingerprint density at radius 2 is 1.76 bits per heavy atom. The van der Waals surface area contributed by atoms with Crippen molar-refractivity contribution in [3.8, 4) is 0 Å². The maximum Gasteiger partial charge on any atom is 0.416 e. The maximum absolute atomic E-state index is 13.3. The van der Waals surface area contributed by atoms with Gasteiger partial charge in [0, 0.05) is 35.9 Å². The third kappa shape index (κ3) is 4.59. The van der Waals surface area contributed by atoms with Crippen LogP contribution >= 0.6 is 11.3 Å². The number of halogens is 6. The Morgan fingerprint density at radius 3 is 2.33 bits per heavy atom. The van der Waals surface area contributed by atoms with Crippen molar-refractivity contribution in [2.24, 2.45) is 5.84 Å². The molecule has 0 saturated carbocycles. The average molecular weight is 487 g/mol. The van der Waals surface area contributed by atoms with Crippen LogP contribution in [0.1, 0.15) is 27.9 Å². The van der Waals surface area contributed by atoms with Crippen molar-refractivity contribution >= 4 is 29.1 Å². The summed E-state index contributed by atoms with van der Waals surface area (Å²) in [4.78, 5) is 19.0. The summed E-state index contributed by atoms with van der Waals surface area (Å²) >= 11 is 1.11. The molecule has 0 saturated heterocycles. The van der Waals surface area contributed by atoms with E-state index in [1.54, 1.807) is 34.9 Å². The molecule has 0 aliphatic carbocycles. The molecule has 4 rings (SSSR count). The van der Waals surface area contributed by atoms with E-state index in [0.717, 1.165) is 17.0 Å². The predicted molar refractivity (Wildman–Crippen MR) is 108 cm³/mol. The number of hydrogen-bond acceptors (Lipinski definition) is 5. The Morgan fingerprint density at radius 1 is 1.09 bits per heavy atom. The van der Waals surface area contributed by atoms with E-state index < -0.39 is 41.1 Å². The second-order valence-corrected chi connectivity index (χ2v) is 8.05. The Labute approximate surface area is 187 Å². The Bertz CT molecular complexity index is 1150. The number of benzene rings is 1. The van der Waals surface area contributed by atoms with Crippen molar-refractivity contribution in [2.75, 3.05) is 5.01 Å². The number of aromatic nitrogens is 2. The van der Waals surface area contributed by atoms with Crippen LogP contribution in [0.4, 0.5) is 32.0 Å². The van der Waals surface area contributed by atoms with E-state index in [1.165, 1.54) is 6.20 Å². The average Bonchev–Trinajstić information content (AvgIpc) is 3.43. The van der Waals surface area contributed by atoms with Crippen LogP contribution in [-0.4, -0.2) is 20.4 Å². The predicted octanol–water partition coefficient (Wildman–Crippen LogP) is 4.87. The molecule has 2 aromatic heterocycles. The Kier molecular flexibility index (Phi) is 5.70. The lowest BCUT2D eigenvalue weighted by Gasteiger charge is -2.33. The fourth-order valence-corrected chi connectivity index (χ4v) is 4.13. The minimum Gasteiger partial charge on any atom is -0.353 e. The maximum atomic E-state index is 13.3. The third-order valence-corrected chi connectivity index (χ3v) is 5.80. The van der Waals surface area contributed by atoms with Gasteiger partial charge in [0.15, 0.2) is 6.04 Å². The standard InChI is InChI=1S/C20H15F6N5OS/c21-19(22,23)12-8-13(20(24,25)26)10-15(9-12)31(27)18(32)16(17-28-3-7-33-17)30-6-5-29-4-1-2-14(29)11-30/h1-10,16H,11,27H2. The van der Waals surface area contributed by atoms with Gasteiger partial charge in [-0.3, -0.25) is 4.79 Å². The molecule has 1 atom stereocenters. The molecule has 1 aliphatic heterocycles. The second-order valence-electron chi connectivity index (χ2n) is 7.12. The highest BCUT2D eigenvalue weighted by Crippen LogP contribution is 2.39. The topological polar surface area (TPSA) is 67.4 Å². The van der Waals surface area contributed by atoms with Gasteiger partial charge in [0.1, 0.15) is 5.01 Å². The van der Waals surface area contributed by atoms with Gasteiger partial charge in [-0.1, -0.05) is 0 Å². The summed E-state index contributed by atoms with van der Waals surface area (Å²) in [6.45, 7) is 0.240. The number of thiazole rings is 1. The zero-order valence-electron chi connectivity index (χ0n) is 16.5. The number of alkyl halides is 6. The number of carbonyl (C=O) groups is 1. The molecule has 3 heterocycles. The zero-order chi connectivity index (χ0) is 24.0. The van der Waals surface area contributed by atoms with Crippen molar-refractivity contribution in [3.05, 3.63) is 76.1 Å². The first-order valence-corrected chi connectivity index (χ1v) is 10.2. The van der Waals surface area contributed by atoms with E-state index in [4.69, 9.17) is 5.84 Å². The lowest BCUT2D eigenvalue weighted by Crippen LogP contribution is -2.46. The summed E-state index contributed by atoms with van der Waals surface area (Å²) in [5, 5.41) is 2.18. The van der Waals surface area contributed by atoms with Gasteiger partial charge < -0.3 is 9.47 Å². The van der Waals surface area contributed by atoms with E-state index >= 15 is 0 Å².